The van der Waals surface area contributed by atoms with E-state index in [0.717, 1.165) is 46.4 Å². The number of alkyl halides is 3. The first-order chi connectivity index (χ1) is 20.1. The fraction of sp³-hybridized carbons (Fsp3) is 0.250. The number of nitrogens with zero attached hydrogens (tertiary/aromatic N) is 3. The summed E-state index contributed by atoms with van der Waals surface area (Å²) < 4.78 is 42.8. The van der Waals surface area contributed by atoms with Crippen LogP contribution in [0.4, 0.5) is 24.7 Å². The van der Waals surface area contributed by atoms with Gasteiger partial charge in [-0.15, -0.1) is 0 Å². The van der Waals surface area contributed by atoms with Gasteiger partial charge >= 0.3 is 12.1 Å². The average molecular weight is 594 g/mol. The highest BCUT2D eigenvalue weighted by Gasteiger charge is 2.40. The average Bonchev–Trinajstić information content (AvgIpc) is 3.35. The van der Waals surface area contributed by atoms with Crippen LogP contribution in [0.25, 0.3) is 11.1 Å². The molecule has 6 rings (SSSR count). The van der Waals surface area contributed by atoms with Crippen molar-refractivity contribution in [3.05, 3.63) is 116 Å². The number of rotatable bonds is 6. The van der Waals surface area contributed by atoms with E-state index in [1.807, 2.05) is 54.6 Å². The van der Waals surface area contributed by atoms with Crippen LogP contribution in [0, 0.1) is 0 Å². The van der Waals surface area contributed by atoms with E-state index in [1.54, 1.807) is 11.0 Å². The van der Waals surface area contributed by atoms with Gasteiger partial charge in [-0.25, -0.2) is 4.79 Å². The molecule has 0 fully saturated rings. The monoisotopic (exact) mass is 593 g/mol. The van der Waals surface area contributed by atoms with Gasteiger partial charge in [0.1, 0.15) is 10.8 Å². The molecule has 42 heavy (non-hydrogen) atoms. The number of benzene rings is 3. The Morgan fingerprint density at radius 2 is 1.69 bits per heavy atom. The fourth-order valence-electron chi connectivity index (χ4n) is 6.07. The van der Waals surface area contributed by atoms with Crippen molar-refractivity contribution in [2.45, 2.75) is 38.1 Å². The van der Waals surface area contributed by atoms with Crippen LogP contribution in [-0.2, 0) is 30.5 Å². The van der Waals surface area contributed by atoms with Crippen molar-refractivity contribution in [2.24, 2.45) is 0 Å². The Morgan fingerprint density at radius 3 is 2.43 bits per heavy atom. The van der Waals surface area contributed by atoms with E-state index in [0.29, 0.717) is 17.7 Å². The third kappa shape index (κ3) is 5.02. The third-order valence-electron chi connectivity index (χ3n) is 7.96. The molecule has 4 aromatic rings. The second kappa shape index (κ2) is 10.9. The van der Waals surface area contributed by atoms with Crippen molar-refractivity contribution < 1.29 is 23.1 Å². The van der Waals surface area contributed by atoms with Crippen LogP contribution in [0.3, 0.4) is 0 Å². The summed E-state index contributed by atoms with van der Waals surface area (Å²) >= 11 is 6.79. The molecule has 0 aliphatic carbocycles. The van der Waals surface area contributed by atoms with Gasteiger partial charge in [0.05, 0.1) is 12.1 Å². The Labute approximate surface area is 245 Å². The highest BCUT2D eigenvalue weighted by Crippen LogP contribution is 2.44. The third-order valence-corrected chi connectivity index (χ3v) is 8.35. The van der Waals surface area contributed by atoms with Crippen LogP contribution in [0.2, 0.25) is 5.02 Å². The van der Waals surface area contributed by atoms with E-state index in [-0.39, 0.29) is 36.0 Å². The van der Waals surface area contributed by atoms with E-state index in [2.05, 4.69) is 4.90 Å². The topological polar surface area (TPSA) is 65.8 Å². The zero-order valence-corrected chi connectivity index (χ0v) is 23.2. The molecule has 1 N–H and O–H groups in total. The number of carbonyl (C=O) groups is 1. The molecule has 2 aliphatic heterocycles. The van der Waals surface area contributed by atoms with E-state index >= 15 is 0 Å². The lowest BCUT2D eigenvalue weighted by Gasteiger charge is -2.33. The van der Waals surface area contributed by atoms with Crippen molar-refractivity contribution in [1.82, 2.24) is 4.57 Å². The molecule has 0 radical (unpaired) electrons. The molecule has 0 amide bonds. The number of halogens is 4. The smallest absolute Gasteiger partial charge is 0.416 e. The van der Waals surface area contributed by atoms with Crippen LogP contribution in [-0.4, -0.2) is 28.7 Å². The predicted octanol–water partition coefficient (Wildman–Crippen LogP) is 6.79. The molecule has 1 atom stereocenters. The predicted molar refractivity (Wildman–Crippen MR) is 156 cm³/mol. The lowest BCUT2D eigenvalue weighted by Crippen LogP contribution is -2.32. The number of pyridine rings is 1. The Kier molecular flexibility index (Phi) is 7.22. The Hall–Kier alpha value is -4.24. The van der Waals surface area contributed by atoms with E-state index < -0.39 is 29.3 Å². The van der Waals surface area contributed by atoms with Crippen molar-refractivity contribution in [3.63, 3.8) is 0 Å². The molecular weight excluding hydrogens is 567 g/mol. The quantitative estimate of drug-likeness (QED) is 0.267. The summed E-state index contributed by atoms with van der Waals surface area (Å²) in [5.41, 5.74) is 2.35. The summed E-state index contributed by atoms with van der Waals surface area (Å²) in [5, 5.41) is 9.93. The molecule has 6 nitrogen and oxygen atoms in total. The Morgan fingerprint density at radius 1 is 0.952 bits per heavy atom. The number of aliphatic carboxylic acids is 1. The first-order valence-electron chi connectivity index (χ1n) is 13.6. The van der Waals surface area contributed by atoms with Crippen molar-refractivity contribution in [1.29, 1.82) is 0 Å². The van der Waals surface area contributed by atoms with Crippen molar-refractivity contribution in [2.75, 3.05) is 22.9 Å². The summed E-state index contributed by atoms with van der Waals surface area (Å²) in [5.74, 6) is -0.974. The molecule has 3 heterocycles. The van der Waals surface area contributed by atoms with Crippen LogP contribution in [0.15, 0.2) is 83.7 Å². The maximum Gasteiger partial charge on any atom is 0.416 e. The minimum atomic E-state index is -4.60. The maximum absolute atomic E-state index is 13.9. The van der Waals surface area contributed by atoms with E-state index in [4.69, 9.17) is 11.6 Å². The van der Waals surface area contributed by atoms with Gasteiger partial charge in [0.2, 0.25) is 0 Å². The molecular formula is C32H27ClF3N3O3. The first-order valence-corrected chi connectivity index (χ1v) is 14.0. The number of carboxylic acids is 1. The zero-order chi connectivity index (χ0) is 29.6. The van der Waals surface area contributed by atoms with Gasteiger partial charge in [-0.3, -0.25) is 9.36 Å². The van der Waals surface area contributed by atoms with E-state index in [9.17, 15) is 27.9 Å². The molecule has 1 unspecified atom stereocenters. The molecule has 3 aromatic carbocycles. The molecule has 216 valence electrons. The van der Waals surface area contributed by atoms with Crippen LogP contribution >= 0.6 is 11.6 Å². The number of hydrogen-bond acceptors (Lipinski definition) is 4. The van der Waals surface area contributed by atoms with Gasteiger partial charge in [0, 0.05) is 36.4 Å². The second-order valence-corrected chi connectivity index (χ2v) is 11.0. The van der Waals surface area contributed by atoms with Gasteiger partial charge in [-0.1, -0.05) is 72.3 Å². The number of anilines is 2. The molecule has 1 aromatic heterocycles. The highest BCUT2D eigenvalue weighted by molar-refractivity contribution is 6.31. The molecule has 10 heteroatoms. The van der Waals surface area contributed by atoms with Crippen molar-refractivity contribution in [3.8, 4) is 11.1 Å². The molecule has 0 saturated heterocycles. The fourth-order valence-corrected chi connectivity index (χ4v) is 6.32. The standard InChI is InChI=1S/C32H27ClF3N3O3/c33-28-24(18-37-15-7-12-21-10-4-5-14-25(21)37)27(22-11-6-13-23(16-22)32(34,35)36)29-38(17-20-8-2-1-3-9-20)19-26(31(41)42)39(29)30(28)40/h1-6,8-11,13-14,16,26H,7,12,15,17-19H2,(H,41,42). The summed E-state index contributed by atoms with van der Waals surface area (Å²) in [6.45, 7) is 1.04. The highest BCUT2D eigenvalue weighted by atomic mass is 35.5. The zero-order valence-electron chi connectivity index (χ0n) is 22.4. The number of aryl methyl sites for hydroxylation is 1. The summed E-state index contributed by atoms with van der Waals surface area (Å²) in [4.78, 5) is 30.1. The van der Waals surface area contributed by atoms with E-state index in [1.165, 1.54) is 6.07 Å². The Balaban J connectivity index is 1.61. The number of para-hydroxylation sites is 1. The summed E-state index contributed by atoms with van der Waals surface area (Å²) in [6.07, 6.45) is -2.86. The summed E-state index contributed by atoms with van der Waals surface area (Å²) in [6, 6.07) is 20.8. The lowest BCUT2D eigenvalue weighted by molar-refractivity contribution is -0.140. The Bertz CT molecular complexity index is 1720. The van der Waals surface area contributed by atoms with Gasteiger partial charge in [0.15, 0.2) is 6.04 Å². The summed E-state index contributed by atoms with van der Waals surface area (Å²) in [7, 11) is 0. The molecule has 2 aliphatic rings. The maximum atomic E-state index is 13.9. The van der Waals surface area contributed by atoms with Crippen LogP contribution < -0.4 is 15.4 Å². The van der Waals surface area contributed by atoms with Gasteiger partial charge < -0.3 is 14.9 Å². The number of fused-ring (bicyclic) bond motifs is 2. The van der Waals surface area contributed by atoms with Gasteiger partial charge in [-0.2, -0.15) is 13.2 Å². The normalized spacial score (nSPS) is 16.3. The number of aromatic nitrogens is 1. The van der Waals surface area contributed by atoms with Gasteiger partial charge in [0.25, 0.3) is 5.56 Å². The molecule has 0 spiro atoms. The largest absolute Gasteiger partial charge is 0.480 e. The van der Waals surface area contributed by atoms with Crippen molar-refractivity contribution >= 4 is 29.1 Å². The van der Waals surface area contributed by atoms with Crippen LogP contribution in [0.5, 0.6) is 0 Å². The second-order valence-electron chi connectivity index (χ2n) is 10.6. The number of hydrogen-bond donors (Lipinski definition) is 1. The minimum absolute atomic E-state index is 0.0439. The SMILES string of the molecule is O=C(O)C1CN(Cc2ccccc2)c2c(-c3cccc(C(F)(F)F)c3)c(CN3CCCc4ccccc43)c(Cl)c(=O)n21. The van der Waals surface area contributed by atoms with Crippen LogP contribution in [0.1, 0.15) is 34.7 Å². The molecule has 0 bridgehead atoms. The lowest BCUT2D eigenvalue weighted by atomic mass is 9.96. The minimum Gasteiger partial charge on any atom is -0.480 e. The van der Waals surface area contributed by atoms with Gasteiger partial charge in [-0.05, 0) is 47.7 Å². The first kappa shape index (κ1) is 27.9. The molecule has 0 saturated carbocycles. The number of carboxylic acid groups (broad SMARTS) is 1.